The van der Waals surface area contributed by atoms with Crippen LogP contribution in [-0.4, -0.2) is 60.7 Å². The molecule has 0 spiro atoms. The van der Waals surface area contributed by atoms with Crippen LogP contribution in [0.25, 0.3) is 0 Å². The van der Waals surface area contributed by atoms with Gasteiger partial charge in [-0.3, -0.25) is 14.9 Å². The first kappa shape index (κ1) is 25.0. The van der Waals surface area contributed by atoms with E-state index in [1.165, 1.54) is 11.3 Å². The summed E-state index contributed by atoms with van der Waals surface area (Å²) >= 11 is 0. The van der Waals surface area contributed by atoms with Crippen LogP contribution < -0.4 is 10.2 Å². The number of amides is 1. The number of hydrogen-bond acceptors (Lipinski definition) is 6. The largest absolute Gasteiger partial charge is 0.382 e. The Morgan fingerprint density at radius 2 is 1.80 bits per heavy atom. The minimum Gasteiger partial charge on any atom is -0.382 e. The molecule has 8 nitrogen and oxygen atoms in total. The zero-order valence-corrected chi connectivity index (χ0v) is 20.7. The lowest BCUT2D eigenvalue weighted by Gasteiger charge is -2.37. The lowest BCUT2D eigenvalue weighted by Crippen LogP contribution is -2.50. The first-order chi connectivity index (χ1) is 16.9. The molecule has 8 heteroatoms. The van der Waals surface area contributed by atoms with Crippen molar-refractivity contribution in [1.82, 2.24) is 4.90 Å². The first-order valence-electron chi connectivity index (χ1n) is 12.7. The number of benzene rings is 2. The highest BCUT2D eigenvalue weighted by molar-refractivity contribution is 5.77. The fourth-order valence-electron chi connectivity index (χ4n) is 5.16. The van der Waals surface area contributed by atoms with Gasteiger partial charge in [0.05, 0.1) is 11.0 Å². The van der Waals surface area contributed by atoms with E-state index >= 15 is 0 Å². The van der Waals surface area contributed by atoms with E-state index in [2.05, 4.69) is 41.4 Å². The second-order valence-corrected chi connectivity index (χ2v) is 9.54. The van der Waals surface area contributed by atoms with Crippen LogP contribution in [0.3, 0.4) is 0 Å². The van der Waals surface area contributed by atoms with Crippen molar-refractivity contribution in [1.29, 1.82) is 0 Å². The second kappa shape index (κ2) is 11.5. The minimum absolute atomic E-state index is 0.0787. The number of anilines is 2. The molecule has 2 fully saturated rings. The average Bonchev–Trinajstić information content (AvgIpc) is 2.88. The SMILES string of the molecule is CCc1ccccc1N1CCN(C(=O)COC2CCC(Nc3ccc([N+](=O)[O-])c(C)c3)CC2)CC1. The summed E-state index contributed by atoms with van der Waals surface area (Å²) in [4.78, 5) is 27.7. The highest BCUT2D eigenvalue weighted by atomic mass is 16.6. The summed E-state index contributed by atoms with van der Waals surface area (Å²) in [7, 11) is 0. The number of nitro benzene ring substituents is 1. The van der Waals surface area contributed by atoms with Crippen molar-refractivity contribution >= 4 is 23.0 Å². The van der Waals surface area contributed by atoms with Crippen LogP contribution in [0.15, 0.2) is 42.5 Å². The molecule has 0 bridgehead atoms. The molecule has 188 valence electrons. The van der Waals surface area contributed by atoms with Crippen molar-refractivity contribution in [2.75, 3.05) is 43.0 Å². The molecule has 1 saturated heterocycles. The molecule has 0 radical (unpaired) electrons. The Kier molecular flexibility index (Phi) is 8.23. The van der Waals surface area contributed by atoms with E-state index in [-0.39, 0.29) is 29.2 Å². The molecule has 0 unspecified atom stereocenters. The van der Waals surface area contributed by atoms with E-state index < -0.39 is 0 Å². The topological polar surface area (TPSA) is 88.0 Å². The molecule has 1 aliphatic heterocycles. The molecule has 1 saturated carbocycles. The van der Waals surface area contributed by atoms with Crippen LogP contribution in [0.1, 0.15) is 43.7 Å². The Labute approximate surface area is 207 Å². The van der Waals surface area contributed by atoms with Crippen LogP contribution in [0.4, 0.5) is 17.1 Å². The van der Waals surface area contributed by atoms with Crippen LogP contribution in [0, 0.1) is 17.0 Å². The third-order valence-electron chi connectivity index (χ3n) is 7.23. The van der Waals surface area contributed by atoms with Gasteiger partial charge >= 0.3 is 0 Å². The van der Waals surface area contributed by atoms with Gasteiger partial charge in [-0.2, -0.15) is 0 Å². The first-order valence-corrected chi connectivity index (χ1v) is 12.7. The number of carbonyl (C=O) groups excluding carboxylic acids is 1. The number of nitro groups is 1. The quantitative estimate of drug-likeness (QED) is 0.440. The predicted octanol–water partition coefficient (Wildman–Crippen LogP) is 4.55. The fraction of sp³-hybridized carbons (Fsp3) is 0.519. The smallest absolute Gasteiger partial charge is 0.272 e. The van der Waals surface area contributed by atoms with Gasteiger partial charge in [-0.05, 0) is 62.8 Å². The van der Waals surface area contributed by atoms with E-state index in [0.29, 0.717) is 11.6 Å². The summed E-state index contributed by atoms with van der Waals surface area (Å²) in [6, 6.07) is 14.0. The maximum Gasteiger partial charge on any atom is 0.272 e. The Morgan fingerprint density at radius 1 is 1.09 bits per heavy atom. The highest BCUT2D eigenvalue weighted by Crippen LogP contribution is 2.27. The van der Waals surface area contributed by atoms with Crippen molar-refractivity contribution in [3.05, 3.63) is 63.7 Å². The number of rotatable bonds is 8. The van der Waals surface area contributed by atoms with Gasteiger partial charge in [0, 0.05) is 55.2 Å². The monoisotopic (exact) mass is 480 g/mol. The third-order valence-corrected chi connectivity index (χ3v) is 7.23. The van der Waals surface area contributed by atoms with Gasteiger partial charge < -0.3 is 19.9 Å². The van der Waals surface area contributed by atoms with Crippen LogP contribution in [0.2, 0.25) is 0 Å². The van der Waals surface area contributed by atoms with Gasteiger partial charge in [-0.15, -0.1) is 0 Å². The number of carbonyl (C=O) groups is 1. The molecule has 1 N–H and O–H groups in total. The summed E-state index contributed by atoms with van der Waals surface area (Å²) in [5.74, 6) is 0.0787. The van der Waals surface area contributed by atoms with Gasteiger partial charge in [0.2, 0.25) is 5.91 Å². The molecule has 2 aliphatic rings. The second-order valence-electron chi connectivity index (χ2n) is 9.54. The van der Waals surface area contributed by atoms with E-state index in [1.807, 2.05) is 11.0 Å². The van der Waals surface area contributed by atoms with Crippen LogP contribution in [-0.2, 0) is 16.0 Å². The molecule has 2 aromatic rings. The minimum atomic E-state index is -0.353. The van der Waals surface area contributed by atoms with Crippen molar-refractivity contribution in [3.63, 3.8) is 0 Å². The predicted molar refractivity (Wildman–Crippen MR) is 138 cm³/mol. The number of nitrogens with zero attached hydrogens (tertiary/aromatic N) is 3. The lowest BCUT2D eigenvalue weighted by molar-refractivity contribution is -0.385. The Hall–Kier alpha value is -3.13. The molecule has 35 heavy (non-hydrogen) atoms. The summed E-state index contributed by atoms with van der Waals surface area (Å²) < 4.78 is 6.00. The van der Waals surface area contributed by atoms with Crippen LogP contribution in [0.5, 0.6) is 0 Å². The Bertz CT molecular complexity index is 1030. The Balaban J connectivity index is 1.17. The standard InChI is InChI=1S/C27H36N4O4/c1-3-21-6-4-5-7-26(21)29-14-16-30(17-15-29)27(32)19-35-24-11-8-22(9-12-24)28-23-10-13-25(31(33)34)20(2)18-23/h4-7,10,13,18,22,24,28H,3,8-9,11-12,14-17,19H2,1-2H3. The van der Waals surface area contributed by atoms with E-state index in [9.17, 15) is 14.9 Å². The molecule has 4 rings (SSSR count). The zero-order chi connectivity index (χ0) is 24.8. The Morgan fingerprint density at radius 3 is 2.46 bits per heavy atom. The maximum atomic E-state index is 12.7. The summed E-state index contributed by atoms with van der Waals surface area (Å²) in [5.41, 5.74) is 4.35. The molecule has 1 amide bonds. The zero-order valence-electron chi connectivity index (χ0n) is 20.7. The maximum absolute atomic E-state index is 12.7. The van der Waals surface area contributed by atoms with E-state index in [0.717, 1.165) is 64.0 Å². The molecular formula is C27H36N4O4. The summed E-state index contributed by atoms with van der Waals surface area (Å²) in [6.45, 7) is 7.24. The number of ether oxygens (including phenoxy) is 1. The number of para-hydroxylation sites is 1. The highest BCUT2D eigenvalue weighted by Gasteiger charge is 2.26. The fourth-order valence-corrected chi connectivity index (χ4v) is 5.16. The molecule has 1 heterocycles. The van der Waals surface area contributed by atoms with Crippen molar-refractivity contribution in [2.45, 2.75) is 58.1 Å². The van der Waals surface area contributed by atoms with E-state index in [1.54, 1.807) is 19.1 Å². The van der Waals surface area contributed by atoms with Gasteiger partial charge in [-0.1, -0.05) is 25.1 Å². The summed E-state index contributed by atoms with van der Waals surface area (Å²) in [5, 5.41) is 14.5. The number of piperazine rings is 1. The number of nitrogens with one attached hydrogen (secondary N) is 1. The van der Waals surface area contributed by atoms with E-state index in [4.69, 9.17) is 4.74 Å². The molecule has 1 aliphatic carbocycles. The molecule has 0 atom stereocenters. The number of hydrogen-bond donors (Lipinski definition) is 1. The van der Waals surface area contributed by atoms with Crippen LogP contribution >= 0.6 is 0 Å². The van der Waals surface area contributed by atoms with Gasteiger partial charge in [0.1, 0.15) is 6.61 Å². The lowest BCUT2D eigenvalue weighted by atomic mass is 9.92. The van der Waals surface area contributed by atoms with Gasteiger partial charge in [0.15, 0.2) is 0 Å². The normalized spacial score (nSPS) is 20.5. The molecular weight excluding hydrogens is 444 g/mol. The van der Waals surface area contributed by atoms with Crippen molar-refractivity contribution < 1.29 is 14.5 Å². The molecule has 0 aromatic heterocycles. The average molecular weight is 481 g/mol. The van der Waals surface area contributed by atoms with Gasteiger partial charge in [-0.25, -0.2) is 0 Å². The number of aryl methyl sites for hydroxylation is 2. The van der Waals surface area contributed by atoms with Crippen molar-refractivity contribution in [2.24, 2.45) is 0 Å². The van der Waals surface area contributed by atoms with Gasteiger partial charge in [0.25, 0.3) is 5.69 Å². The third kappa shape index (κ3) is 6.31. The molecule has 2 aromatic carbocycles. The van der Waals surface area contributed by atoms with Crippen molar-refractivity contribution in [3.8, 4) is 0 Å². The summed E-state index contributed by atoms with van der Waals surface area (Å²) in [6.07, 6.45) is 4.81.